The first kappa shape index (κ1) is 25.5. The van der Waals surface area contributed by atoms with E-state index in [2.05, 4.69) is 37.7 Å². The van der Waals surface area contributed by atoms with Gasteiger partial charge in [0.05, 0.1) is 17.7 Å². The van der Waals surface area contributed by atoms with Crippen LogP contribution in [0, 0.1) is 25.7 Å². The van der Waals surface area contributed by atoms with E-state index < -0.39 is 12.3 Å². The van der Waals surface area contributed by atoms with Gasteiger partial charge in [0.25, 0.3) is 12.3 Å². The summed E-state index contributed by atoms with van der Waals surface area (Å²) in [6.07, 6.45) is 0.414. The van der Waals surface area contributed by atoms with E-state index >= 15 is 0 Å². The van der Waals surface area contributed by atoms with Crippen molar-refractivity contribution in [3.63, 3.8) is 0 Å². The quantitative estimate of drug-likeness (QED) is 0.332. The van der Waals surface area contributed by atoms with E-state index in [-0.39, 0.29) is 17.3 Å². The molecule has 0 bridgehead atoms. The molecule has 9 heteroatoms. The second kappa shape index (κ2) is 11.0. The third kappa shape index (κ3) is 6.35. The van der Waals surface area contributed by atoms with Crippen LogP contribution in [-0.4, -0.2) is 31.7 Å². The van der Waals surface area contributed by atoms with E-state index in [1.54, 1.807) is 49.5 Å². The Bertz CT molecular complexity index is 1480. The lowest BCUT2D eigenvalue weighted by molar-refractivity contribution is 0.102. The number of carbonyl (C=O) groups excluding carboxylic acids is 1. The van der Waals surface area contributed by atoms with Gasteiger partial charge in [-0.25, -0.2) is 13.8 Å². The van der Waals surface area contributed by atoms with Crippen LogP contribution in [-0.2, 0) is 0 Å². The van der Waals surface area contributed by atoms with E-state index in [1.165, 1.54) is 23.0 Å². The number of aromatic nitrogens is 4. The summed E-state index contributed by atoms with van der Waals surface area (Å²) in [5.74, 6) is 6.24. The molecule has 2 aromatic heterocycles. The van der Waals surface area contributed by atoms with E-state index in [9.17, 15) is 13.6 Å². The highest BCUT2D eigenvalue weighted by atomic mass is 19.3. The Labute approximate surface area is 214 Å². The number of nitrogens with one attached hydrogen (secondary N) is 2. The molecule has 37 heavy (non-hydrogen) atoms. The molecule has 0 spiro atoms. The number of hydrogen-bond acceptors (Lipinski definition) is 5. The maximum Gasteiger partial charge on any atom is 0.265 e. The monoisotopic (exact) mass is 500 g/mol. The molecule has 1 amide bonds. The number of alkyl halides is 2. The molecule has 2 heterocycles. The maximum absolute atomic E-state index is 13.8. The van der Waals surface area contributed by atoms with Crippen LogP contribution in [0.25, 0.3) is 5.69 Å². The Hall–Kier alpha value is -4.58. The zero-order valence-electron chi connectivity index (χ0n) is 20.9. The maximum atomic E-state index is 13.8. The van der Waals surface area contributed by atoms with Crippen molar-refractivity contribution in [2.45, 2.75) is 40.2 Å². The third-order valence-corrected chi connectivity index (χ3v) is 5.44. The highest BCUT2D eigenvalue weighted by Gasteiger charge is 2.17. The van der Waals surface area contributed by atoms with Crippen molar-refractivity contribution in [3.05, 3.63) is 94.7 Å². The number of hydrogen-bond donors (Lipinski definition) is 2. The van der Waals surface area contributed by atoms with Crippen LogP contribution in [0.5, 0.6) is 0 Å². The molecule has 0 saturated carbocycles. The summed E-state index contributed by atoms with van der Waals surface area (Å²) in [7, 11) is 0. The third-order valence-electron chi connectivity index (χ3n) is 5.44. The molecule has 2 N–H and O–H groups in total. The fourth-order valence-corrected chi connectivity index (χ4v) is 3.60. The molecular formula is C28H26F2N6O. The Morgan fingerprint density at radius 2 is 1.81 bits per heavy atom. The molecule has 0 radical (unpaired) electrons. The average molecular weight is 501 g/mol. The summed E-state index contributed by atoms with van der Waals surface area (Å²) in [5.41, 5.74) is 3.45. The molecule has 0 unspecified atom stereocenters. The van der Waals surface area contributed by atoms with Gasteiger partial charge in [-0.3, -0.25) is 4.79 Å². The standard InChI is InChI=1S/C28H26F2N6O/c1-17(2)32-26-12-10-22(34-35-26)8-7-20-13-21(6-5-18(20)3)28(37)33-23-9-11-25(24(14-23)27(29)30)36-15-19(4)31-16-36/h5-6,9-17,27H,1-4H3,(H,32,35)(H,33,37). The van der Waals surface area contributed by atoms with E-state index in [4.69, 9.17) is 0 Å². The van der Waals surface area contributed by atoms with Crippen LogP contribution in [0.3, 0.4) is 0 Å². The van der Waals surface area contributed by atoms with Gasteiger partial charge in [0.2, 0.25) is 0 Å². The van der Waals surface area contributed by atoms with Gasteiger partial charge < -0.3 is 15.2 Å². The smallest absolute Gasteiger partial charge is 0.265 e. The summed E-state index contributed by atoms with van der Waals surface area (Å²) >= 11 is 0. The topological polar surface area (TPSA) is 84.7 Å². The number of halogens is 2. The summed E-state index contributed by atoms with van der Waals surface area (Å²) in [6.45, 7) is 7.69. The minimum absolute atomic E-state index is 0.207. The normalized spacial score (nSPS) is 10.8. The largest absolute Gasteiger partial charge is 0.366 e. The number of imidazole rings is 1. The SMILES string of the molecule is Cc1cn(-c2ccc(NC(=O)c3ccc(C)c(C#Cc4ccc(NC(C)C)nn4)c3)cc2C(F)F)cn1. The fraction of sp³-hybridized carbons (Fsp3) is 0.214. The number of aryl methyl sites for hydroxylation is 2. The summed E-state index contributed by atoms with van der Waals surface area (Å²) in [5, 5.41) is 14.1. The molecule has 4 rings (SSSR count). The predicted octanol–water partition coefficient (Wildman–Crippen LogP) is 5.69. The molecule has 2 aromatic carbocycles. The van der Waals surface area contributed by atoms with Crippen molar-refractivity contribution in [3.8, 4) is 17.5 Å². The number of amides is 1. The zero-order chi connectivity index (χ0) is 26.5. The van der Waals surface area contributed by atoms with Gasteiger partial charge in [-0.05, 0) is 81.6 Å². The second-order valence-corrected chi connectivity index (χ2v) is 8.83. The number of carbonyl (C=O) groups is 1. The summed E-state index contributed by atoms with van der Waals surface area (Å²) < 4.78 is 29.1. The van der Waals surface area contributed by atoms with Crippen molar-refractivity contribution >= 4 is 17.4 Å². The van der Waals surface area contributed by atoms with E-state index in [0.29, 0.717) is 34.0 Å². The first-order valence-corrected chi connectivity index (χ1v) is 11.7. The molecule has 4 aromatic rings. The van der Waals surface area contributed by atoms with Crippen LogP contribution >= 0.6 is 0 Å². The Kier molecular flexibility index (Phi) is 7.58. The van der Waals surface area contributed by atoms with Crippen LogP contribution in [0.15, 0.2) is 61.1 Å². The molecular weight excluding hydrogens is 474 g/mol. The summed E-state index contributed by atoms with van der Waals surface area (Å²) in [6, 6.07) is 13.3. The lowest BCUT2D eigenvalue weighted by Gasteiger charge is -2.13. The number of rotatable bonds is 6. The number of anilines is 2. The van der Waals surface area contributed by atoms with Crippen molar-refractivity contribution < 1.29 is 13.6 Å². The van der Waals surface area contributed by atoms with Crippen LogP contribution in [0.1, 0.15) is 58.7 Å². The molecule has 0 aliphatic heterocycles. The van der Waals surface area contributed by atoms with Crippen molar-refractivity contribution in [2.75, 3.05) is 10.6 Å². The highest BCUT2D eigenvalue weighted by molar-refractivity contribution is 6.04. The minimum atomic E-state index is -2.73. The highest BCUT2D eigenvalue weighted by Crippen LogP contribution is 2.29. The van der Waals surface area contributed by atoms with Crippen molar-refractivity contribution in [1.29, 1.82) is 0 Å². The van der Waals surface area contributed by atoms with E-state index in [0.717, 1.165) is 5.56 Å². The first-order chi connectivity index (χ1) is 17.7. The zero-order valence-corrected chi connectivity index (χ0v) is 20.9. The van der Waals surface area contributed by atoms with Gasteiger partial charge in [-0.2, -0.15) is 0 Å². The first-order valence-electron chi connectivity index (χ1n) is 11.7. The molecule has 0 aliphatic rings. The molecule has 0 atom stereocenters. The fourth-order valence-electron chi connectivity index (χ4n) is 3.60. The second-order valence-electron chi connectivity index (χ2n) is 8.83. The van der Waals surface area contributed by atoms with Crippen LogP contribution in [0.4, 0.5) is 20.3 Å². The molecule has 0 fully saturated rings. The van der Waals surface area contributed by atoms with Crippen LogP contribution < -0.4 is 10.6 Å². The minimum Gasteiger partial charge on any atom is -0.366 e. The number of benzene rings is 2. The Morgan fingerprint density at radius 3 is 2.46 bits per heavy atom. The van der Waals surface area contributed by atoms with Crippen molar-refractivity contribution in [1.82, 2.24) is 19.7 Å². The lowest BCUT2D eigenvalue weighted by Crippen LogP contribution is -2.13. The average Bonchev–Trinajstić information content (AvgIpc) is 3.30. The van der Waals surface area contributed by atoms with Gasteiger partial charge in [-0.15, -0.1) is 10.2 Å². The van der Waals surface area contributed by atoms with Gasteiger partial charge >= 0.3 is 0 Å². The molecule has 0 saturated heterocycles. The lowest BCUT2D eigenvalue weighted by atomic mass is 10.0. The van der Waals surface area contributed by atoms with E-state index in [1.807, 2.05) is 20.8 Å². The number of nitrogens with zero attached hydrogens (tertiary/aromatic N) is 4. The summed E-state index contributed by atoms with van der Waals surface area (Å²) in [4.78, 5) is 17.0. The van der Waals surface area contributed by atoms with Gasteiger partial charge in [0, 0.05) is 34.6 Å². The molecule has 188 valence electrons. The molecule has 7 nitrogen and oxygen atoms in total. The van der Waals surface area contributed by atoms with Crippen molar-refractivity contribution in [2.24, 2.45) is 0 Å². The Morgan fingerprint density at radius 1 is 1.00 bits per heavy atom. The van der Waals surface area contributed by atoms with Gasteiger partial charge in [0.1, 0.15) is 11.5 Å². The van der Waals surface area contributed by atoms with Gasteiger partial charge in [0.15, 0.2) is 0 Å². The molecule has 0 aliphatic carbocycles. The van der Waals surface area contributed by atoms with Gasteiger partial charge in [-0.1, -0.05) is 12.0 Å². The van der Waals surface area contributed by atoms with Crippen LogP contribution in [0.2, 0.25) is 0 Å². The predicted molar refractivity (Wildman–Crippen MR) is 139 cm³/mol. The Balaban J connectivity index is 1.53.